The second-order valence-electron chi connectivity index (χ2n) is 7.30. The van der Waals surface area contributed by atoms with Crippen LogP contribution in [0.1, 0.15) is 24.8 Å². The lowest BCUT2D eigenvalue weighted by molar-refractivity contribution is 0.0669. The molecule has 1 fully saturated rings. The van der Waals surface area contributed by atoms with Crippen molar-refractivity contribution in [1.29, 1.82) is 0 Å². The zero-order valence-electron chi connectivity index (χ0n) is 16.1. The molecule has 4 nitrogen and oxygen atoms in total. The number of rotatable bonds is 8. The first kappa shape index (κ1) is 21.3. The highest BCUT2D eigenvalue weighted by molar-refractivity contribution is 6.42. The van der Waals surface area contributed by atoms with Gasteiger partial charge in [0.2, 0.25) is 0 Å². The summed E-state index contributed by atoms with van der Waals surface area (Å²) in [5.74, 6) is 1.57. The van der Waals surface area contributed by atoms with Crippen molar-refractivity contribution < 1.29 is 14.6 Å². The van der Waals surface area contributed by atoms with Gasteiger partial charge in [-0.1, -0.05) is 35.3 Å². The fourth-order valence-corrected chi connectivity index (χ4v) is 3.59. The third kappa shape index (κ3) is 6.56. The molecule has 1 atom stereocenters. The summed E-state index contributed by atoms with van der Waals surface area (Å²) in [6, 6.07) is 13.3. The number of nitrogens with zero attached hydrogens (tertiary/aromatic N) is 1. The summed E-state index contributed by atoms with van der Waals surface area (Å²) in [4.78, 5) is 2.37. The lowest BCUT2D eigenvalue weighted by atomic mass is 10.1. The van der Waals surface area contributed by atoms with Crippen LogP contribution in [-0.4, -0.2) is 48.5 Å². The summed E-state index contributed by atoms with van der Waals surface area (Å²) in [6.45, 7) is 5.12. The van der Waals surface area contributed by atoms with Gasteiger partial charge in [0.15, 0.2) is 0 Å². The van der Waals surface area contributed by atoms with Crippen molar-refractivity contribution in [2.75, 3.05) is 26.2 Å². The summed E-state index contributed by atoms with van der Waals surface area (Å²) in [5.41, 5.74) is 1.15. The van der Waals surface area contributed by atoms with Gasteiger partial charge in [0.05, 0.1) is 16.1 Å². The number of likely N-dealkylation sites (tertiary alicyclic amines) is 1. The van der Waals surface area contributed by atoms with Gasteiger partial charge in [0.25, 0.3) is 0 Å². The second-order valence-corrected chi connectivity index (χ2v) is 8.12. The molecular weight excluding hydrogens is 397 g/mol. The SMILES string of the molecule is Cc1cccc(OC[C@@H](O)CCN2CCC(Oc3ccc(Cl)c(Cl)c3)CC2)c1. The molecule has 1 heterocycles. The molecule has 1 aliphatic rings. The Morgan fingerprint density at radius 1 is 1.07 bits per heavy atom. The quantitative estimate of drug-likeness (QED) is 0.650. The minimum atomic E-state index is -0.467. The molecule has 1 aliphatic heterocycles. The largest absolute Gasteiger partial charge is 0.491 e. The topological polar surface area (TPSA) is 41.9 Å². The Morgan fingerprint density at radius 2 is 1.86 bits per heavy atom. The number of ether oxygens (including phenoxy) is 2. The first-order chi connectivity index (χ1) is 13.5. The Morgan fingerprint density at radius 3 is 2.57 bits per heavy atom. The van der Waals surface area contributed by atoms with Crippen molar-refractivity contribution in [3.05, 3.63) is 58.1 Å². The van der Waals surface area contributed by atoms with E-state index in [9.17, 15) is 5.11 Å². The number of aryl methyl sites for hydroxylation is 1. The van der Waals surface area contributed by atoms with Crippen molar-refractivity contribution in [3.8, 4) is 11.5 Å². The Bertz CT molecular complexity index is 763. The fourth-order valence-electron chi connectivity index (χ4n) is 3.31. The van der Waals surface area contributed by atoms with E-state index < -0.39 is 6.10 Å². The van der Waals surface area contributed by atoms with E-state index in [-0.39, 0.29) is 6.10 Å². The summed E-state index contributed by atoms with van der Waals surface area (Å²) < 4.78 is 11.7. The van der Waals surface area contributed by atoms with Gasteiger partial charge in [-0.2, -0.15) is 0 Å². The molecule has 1 saturated heterocycles. The number of hydrogen-bond acceptors (Lipinski definition) is 4. The van der Waals surface area contributed by atoms with Crippen molar-refractivity contribution >= 4 is 23.2 Å². The number of piperidine rings is 1. The predicted octanol–water partition coefficient (Wildman–Crippen LogP) is 4.98. The third-order valence-electron chi connectivity index (χ3n) is 4.94. The second kappa shape index (κ2) is 10.4. The molecule has 152 valence electrons. The van der Waals surface area contributed by atoms with Gasteiger partial charge in [-0.05, 0) is 56.0 Å². The lowest BCUT2D eigenvalue weighted by Crippen LogP contribution is -2.39. The van der Waals surface area contributed by atoms with Crippen LogP contribution in [0.4, 0.5) is 0 Å². The summed E-state index contributed by atoms with van der Waals surface area (Å²) in [5, 5.41) is 11.3. The molecule has 0 spiro atoms. The molecule has 0 aliphatic carbocycles. The maximum atomic E-state index is 10.2. The Kier molecular flexibility index (Phi) is 7.86. The van der Waals surface area contributed by atoms with Gasteiger partial charge >= 0.3 is 0 Å². The summed E-state index contributed by atoms with van der Waals surface area (Å²) in [7, 11) is 0. The Labute approximate surface area is 177 Å². The number of halogens is 2. The average Bonchev–Trinajstić information content (AvgIpc) is 2.69. The van der Waals surface area contributed by atoms with Gasteiger partial charge in [-0.3, -0.25) is 0 Å². The van der Waals surface area contributed by atoms with E-state index >= 15 is 0 Å². The maximum Gasteiger partial charge on any atom is 0.121 e. The molecule has 0 radical (unpaired) electrons. The fraction of sp³-hybridized carbons (Fsp3) is 0.455. The predicted molar refractivity (Wildman–Crippen MR) is 114 cm³/mol. The Balaban J connectivity index is 1.34. The molecule has 3 rings (SSSR count). The molecule has 28 heavy (non-hydrogen) atoms. The van der Waals surface area contributed by atoms with Gasteiger partial charge in [0, 0.05) is 25.7 Å². The van der Waals surface area contributed by atoms with Gasteiger partial charge < -0.3 is 19.5 Å². The minimum absolute atomic E-state index is 0.183. The first-order valence-corrected chi connectivity index (χ1v) is 10.5. The average molecular weight is 424 g/mol. The monoisotopic (exact) mass is 423 g/mol. The van der Waals surface area contributed by atoms with Crippen molar-refractivity contribution in [3.63, 3.8) is 0 Å². The highest BCUT2D eigenvalue weighted by Gasteiger charge is 2.21. The molecule has 2 aromatic rings. The zero-order chi connectivity index (χ0) is 19.9. The van der Waals surface area contributed by atoms with E-state index in [1.165, 1.54) is 0 Å². The molecule has 0 unspecified atom stereocenters. The van der Waals surface area contributed by atoms with Crippen LogP contribution >= 0.6 is 23.2 Å². The highest BCUT2D eigenvalue weighted by atomic mass is 35.5. The molecule has 0 amide bonds. The van der Waals surface area contributed by atoms with Crippen LogP contribution in [0.5, 0.6) is 11.5 Å². The van der Waals surface area contributed by atoms with Crippen LogP contribution < -0.4 is 9.47 Å². The van der Waals surface area contributed by atoms with E-state index in [1.54, 1.807) is 12.1 Å². The molecule has 2 aromatic carbocycles. The normalized spacial score (nSPS) is 16.7. The van der Waals surface area contributed by atoms with Crippen molar-refractivity contribution in [2.24, 2.45) is 0 Å². The van der Waals surface area contributed by atoms with Crippen molar-refractivity contribution in [1.82, 2.24) is 4.90 Å². The van der Waals surface area contributed by atoms with Crippen LogP contribution in [0, 0.1) is 6.92 Å². The van der Waals surface area contributed by atoms with E-state index in [1.807, 2.05) is 37.3 Å². The first-order valence-electron chi connectivity index (χ1n) is 9.71. The van der Waals surface area contributed by atoms with E-state index in [0.29, 0.717) is 23.1 Å². The smallest absolute Gasteiger partial charge is 0.121 e. The molecule has 0 saturated carbocycles. The molecule has 1 N–H and O–H groups in total. The van der Waals surface area contributed by atoms with Gasteiger partial charge in [-0.15, -0.1) is 0 Å². The molecule has 0 aromatic heterocycles. The van der Waals surface area contributed by atoms with Crippen LogP contribution in [0.25, 0.3) is 0 Å². The number of benzene rings is 2. The maximum absolute atomic E-state index is 10.2. The molecular formula is C22H27Cl2NO3. The summed E-state index contributed by atoms with van der Waals surface area (Å²) in [6.07, 6.45) is 2.32. The van der Waals surface area contributed by atoms with E-state index in [4.69, 9.17) is 32.7 Å². The highest BCUT2D eigenvalue weighted by Crippen LogP contribution is 2.28. The van der Waals surface area contributed by atoms with E-state index in [2.05, 4.69) is 4.90 Å². The Hall–Kier alpha value is -1.46. The van der Waals surface area contributed by atoms with Gasteiger partial charge in [-0.25, -0.2) is 0 Å². The van der Waals surface area contributed by atoms with Gasteiger partial charge in [0.1, 0.15) is 24.2 Å². The molecule has 0 bridgehead atoms. The third-order valence-corrected chi connectivity index (χ3v) is 5.68. The van der Waals surface area contributed by atoms with E-state index in [0.717, 1.165) is 49.5 Å². The minimum Gasteiger partial charge on any atom is -0.491 e. The van der Waals surface area contributed by atoms with Crippen LogP contribution in [0.3, 0.4) is 0 Å². The van der Waals surface area contributed by atoms with Crippen LogP contribution in [-0.2, 0) is 0 Å². The lowest BCUT2D eigenvalue weighted by Gasteiger charge is -2.32. The summed E-state index contributed by atoms with van der Waals surface area (Å²) >= 11 is 12.0. The van der Waals surface area contributed by atoms with Crippen LogP contribution in [0.2, 0.25) is 10.0 Å². The van der Waals surface area contributed by atoms with Crippen molar-refractivity contribution in [2.45, 2.75) is 38.4 Å². The number of aliphatic hydroxyl groups is 1. The number of aliphatic hydroxyl groups excluding tert-OH is 1. The van der Waals surface area contributed by atoms with Crippen LogP contribution in [0.15, 0.2) is 42.5 Å². The zero-order valence-corrected chi connectivity index (χ0v) is 17.6. The standard InChI is InChI=1S/C22H27Cl2NO3/c1-16-3-2-4-19(13-16)27-15-17(26)7-10-25-11-8-18(9-12-25)28-20-5-6-21(23)22(24)14-20/h2-6,13-14,17-18,26H,7-12,15H2,1H3/t17-/m0/s1. The number of hydrogen-bond donors (Lipinski definition) is 1. The molecule has 6 heteroatoms.